The van der Waals surface area contributed by atoms with Gasteiger partial charge in [-0.25, -0.2) is 8.42 Å². The number of carbonyl (C=O) groups excluding carboxylic acids is 1. The summed E-state index contributed by atoms with van der Waals surface area (Å²) in [5, 5.41) is 11.8. The first-order chi connectivity index (χ1) is 15.9. The Balaban J connectivity index is 1.28. The molecule has 0 unspecified atom stereocenters. The largest absolute Gasteiger partial charge is 0.369 e. The van der Waals surface area contributed by atoms with Crippen LogP contribution in [0.4, 0.5) is 11.5 Å². The Labute approximate surface area is 197 Å². The highest BCUT2D eigenvalue weighted by Gasteiger charge is 2.32. The molecule has 33 heavy (non-hydrogen) atoms. The van der Waals surface area contributed by atoms with Gasteiger partial charge in [-0.1, -0.05) is 6.07 Å². The molecule has 3 aromatic rings. The standard InChI is InChI=1S/C22H26N6O3S2/c1-26-10-12-27(13-11-26)17-6-4-16(5-7-17)22(29)23-21-18-15-28(9-8-19(18)24-25-21)33(30,31)20-3-2-14-32-20/h2-7,14H,8-13,15H2,1H3,(H2,23,24,25,29). The fourth-order valence-corrected chi connectivity index (χ4v) is 6.74. The number of hydrogen-bond donors (Lipinski definition) is 2. The number of likely N-dealkylation sites (N-methyl/N-ethyl adjacent to an activating group) is 1. The third-order valence-corrected chi connectivity index (χ3v) is 9.44. The first-order valence-electron chi connectivity index (χ1n) is 10.9. The maximum atomic E-state index is 12.9. The average molecular weight is 487 g/mol. The summed E-state index contributed by atoms with van der Waals surface area (Å²) in [5.41, 5.74) is 3.20. The second-order valence-corrected chi connectivity index (χ2v) is 11.5. The fraction of sp³-hybridized carbons (Fsp3) is 0.364. The van der Waals surface area contributed by atoms with Crippen LogP contribution in [0, 0.1) is 0 Å². The van der Waals surface area contributed by atoms with Gasteiger partial charge < -0.3 is 15.1 Å². The smallest absolute Gasteiger partial charge is 0.256 e. The zero-order valence-corrected chi connectivity index (χ0v) is 20.0. The number of nitrogens with zero attached hydrogens (tertiary/aromatic N) is 4. The van der Waals surface area contributed by atoms with Gasteiger partial charge in [-0.2, -0.15) is 9.40 Å². The minimum atomic E-state index is -3.57. The molecule has 1 saturated heterocycles. The number of sulfonamides is 1. The van der Waals surface area contributed by atoms with Crippen molar-refractivity contribution < 1.29 is 13.2 Å². The van der Waals surface area contributed by atoms with E-state index in [0.717, 1.165) is 37.6 Å². The number of benzene rings is 1. The van der Waals surface area contributed by atoms with Gasteiger partial charge in [-0.3, -0.25) is 9.89 Å². The van der Waals surface area contributed by atoms with Crippen molar-refractivity contribution in [2.75, 3.05) is 50.0 Å². The number of H-pyrrole nitrogens is 1. The van der Waals surface area contributed by atoms with E-state index in [1.54, 1.807) is 17.5 Å². The molecule has 11 heteroatoms. The maximum absolute atomic E-state index is 12.9. The predicted molar refractivity (Wildman–Crippen MR) is 128 cm³/mol. The number of rotatable bonds is 5. The van der Waals surface area contributed by atoms with Crippen molar-refractivity contribution in [2.24, 2.45) is 0 Å². The summed E-state index contributed by atoms with van der Waals surface area (Å²) >= 11 is 1.20. The average Bonchev–Trinajstić information content (AvgIpc) is 3.51. The monoisotopic (exact) mass is 486 g/mol. The molecule has 0 aliphatic carbocycles. The lowest BCUT2D eigenvalue weighted by molar-refractivity contribution is 0.102. The molecule has 0 bridgehead atoms. The second-order valence-electron chi connectivity index (χ2n) is 8.34. The van der Waals surface area contributed by atoms with Crippen LogP contribution < -0.4 is 10.2 Å². The highest BCUT2D eigenvalue weighted by Crippen LogP contribution is 2.30. The Bertz CT molecular complexity index is 1230. The van der Waals surface area contributed by atoms with Gasteiger partial charge in [0.1, 0.15) is 4.21 Å². The van der Waals surface area contributed by atoms with E-state index in [0.29, 0.717) is 34.1 Å². The quantitative estimate of drug-likeness (QED) is 0.574. The van der Waals surface area contributed by atoms with Crippen LogP contribution >= 0.6 is 11.3 Å². The number of hydrogen-bond acceptors (Lipinski definition) is 7. The van der Waals surface area contributed by atoms with Gasteiger partial charge in [-0.15, -0.1) is 11.3 Å². The molecule has 2 aromatic heterocycles. The number of anilines is 2. The Morgan fingerprint density at radius 1 is 1.09 bits per heavy atom. The van der Waals surface area contributed by atoms with Crippen LogP contribution in [0.2, 0.25) is 0 Å². The normalized spacial score (nSPS) is 17.7. The molecule has 2 aliphatic rings. The minimum absolute atomic E-state index is 0.171. The molecule has 174 valence electrons. The van der Waals surface area contributed by atoms with Gasteiger partial charge in [0.05, 0.1) is 0 Å². The zero-order chi connectivity index (χ0) is 23.0. The molecule has 0 radical (unpaired) electrons. The second kappa shape index (κ2) is 8.90. The third kappa shape index (κ3) is 4.41. The molecule has 0 atom stereocenters. The lowest BCUT2D eigenvalue weighted by atomic mass is 10.1. The summed E-state index contributed by atoms with van der Waals surface area (Å²) in [6, 6.07) is 10.9. The Hall–Kier alpha value is -2.73. The highest BCUT2D eigenvalue weighted by atomic mass is 32.2. The first-order valence-corrected chi connectivity index (χ1v) is 13.2. The molecule has 2 N–H and O–H groups in total. The first kappa shape index (κ1) is 22.1. The van der Waals surface area contributed by atoms with Crippen molar-refractivity contribution in [3.05, 3.63) is 58.6 Å². The minimum Gasteiger partial charge on any atom is -0.369 e. The van der Waals surface area contributed by atoms with E-state index in [4.69, 9.17) is 0 Å². The van der Waals surface area contributed by atoms with Crippen LogP contribution in [0.3, 0.4) is 0 Å². The van der Waals surface area contributed by atoms with E-state index in [1.807, 2.05) is 24.3 Å². The number of amides is 1. The van der Waals surface area contributed by atoms with E-state index >= 15 is 0 Å². The van der Waals surface area contributed by atoms with Crippen LogP contribution in [0.15, 0.2) is 46.0 Å². The summed E-state index contributed by atoms with van der Waals surface area (Å²) in [5.74, 6) is 0.108. The molecule has 0 saturated carbocycles. The van der Waals surface area contributed by atoms with Gasteiger partial charge >= 0.3 is 0 Å². The number of nitrogens with one attached hydrogen (secondary N) is 2. The van der Waals surface area contributed by atoms with Crippen molar-refractivity contribution in [3.63, 3.8) is 0 Å². The SMILES string of the molecule is CN1CCN(c2ccc(C(=O)Nc3n[nH]c4c3CN(S(=O)(=O)c3cccs3)CC4)cc2)CC1. The van der Waals surface area contributed by atoms with E-state index < -0.39 is 10.0 Å². The molecular weight excluding hydrogens is 460 g/mol. The van der Waals surface area contributed by atoms with E-state index in [2.05, 4.69) is 32.4 Å². The van der Waals surface area contributed by atoms with Gasteiger partial charge in [0, 0.05) is 68.2 Å². The summed E-state index contributed by atoms with van der Waals surface area (Å²) in [4.78, 5) is 17.5. The zero-order valence-electron chi connectivity index (χ0n) is 18.3. The van der Waals surface area contributed by atoms with Gasteiger partial charge in [0.2, 0.25) is 0 Å². The van der Waals surface area contributed by atoms with Crippen molar-refractivity contribution in [3.8, 4) is 0 Å². The summed E-state index contributed by atoms with van der Waals surface area (Å²) < 4.78 is 27.6. The highest BCUT2D eigenvalue weighted by molar-refractivity contribution is 7.91. The predicted octanol–water partition coefficient (Wildman–Crippen LogP) is 2.22. The van der Waals surface area contributed by atoms with Crippen LogP contribution in [-0.4, -0.2) is 73.5 Å². The van der Waals surface area contributed by atoms with Crippen LogP contribution in [0.1, 0.15) is 21.6 Å². The van der Waals surface area contributed by atoms with E-state index in [9.17, 15) is 13.2 Å². The molecule has 4 heterocycles. The van der Waals surface area contributed by atoms with Crippen molar-refractivity contribution >= 4 is 38.8 Å². The van der Waals surface area contributed by atoms with Crippen LogP contribution in [0.25, 0.3) is 0 Å². The van der Waals surface area contributed by atoms with Gasteiger partial charge in [0.15, 0.2) is 5.82 Å². The number of aromatic nitrogens is 2. The fourth-order valence-electron chi connectivity index (χ4n) is 4.18. The van der Waals surface area contributed by atoms with E-state index in [1.165, 1.54) is 15.6 Å². The lowest BCUT2D eigenvalue weighted by Crippen LogP contribution is -2.44. The Kier molecular flexibility index (Phi) is 5.95. The summed E-state index contributed by atoms with van der Waals surface area (Å²) in [6.45, 7) is 4.51. The Morgan fingerprint density at radius 3 is 2.55 bits per heavy atom. The molecular formula is C22H26N6O3S2. The van der Waals surface area contributed by atoms with Crippen LogP contribution in [0.5, 0.6) is 0 Å². The third-order valence-electron chi connectivity index (χ3n) is 6.22. The van der Waals surface area contributed by atoms with Crippen molar-refractivity contribution in [2.45, 2.75) is 17.2 Å². The van der Waals surface area contributed by atoms with Gasteiger partial charge in [-0.05, 0) is 42.8 Å². The topological polar surface area (TPSA) is 102 Å². The van der Waals surface area contributed by atoms with Gasteiger partial charge in [0.25, 0.3) is 15.9 Å². The number of aromatic amines is 1. The summed E-state index contributed by atoms with van der Waals surface area (Å²) in [6.07, 6.45) is 0.516. The number of carbonyl (C=O) groups is 1. The molecule has 1 amide bonds. The Morgan fingerprint density at radius 2 is 1.85 bits per heavy atom. The summed E-state index contributed by atoms with van der Waals surface area (Å²) in [7, 11) is -1.45. The maximum Gasteiger partial charge on any atom is 0.256 e. The van der Waals surface area contributed by atoms with E-state index in [-0.39, 0.29) is 12.5 Å². The number of fused-ring (bicyclic) bond motifs is 1. The molecule has 1 fully saturated rings. The lowest BCUT2D eigenvalue weighted by Gasteiger charge is -2.34. The molecule has 5 rings (SSSR count). The molecule has 1 aromatic carbocycles. The molecule has 2 aliphatic heterocycles. The molecule has 0 spiro atoms. The van der Waals surface area contributed by atoms with Crippen LogP contribution in [-0.2, 0) is 23.0 Å². The number of thiophene rings is 1. The van der Waals surface area contributed by atoms with Crippen molar-refractivity contribution in [1.29, 1.82) is 0 Å². The number of piperazine rings is 1. The molecule has 9 nitrogen and oxygen atoms in total. The van der Waals surface area contributed by atoms with Crippen molar-refractivity contribution in [1.82, 2.24) is 19.4 Å².